The fraction of sp³-hybridized carbons (Fsp3) is 0.850. The SMILES string of the molecule is CCCN(CCN=C(NCC)NC1CCN(C(=O)CC)C1)C(=O)OC(C)(C)C.I. The van der Waals surface area contributed by atoms with E-state index in [9.17, 15) is 9.59 Å². The first-order valence-electron chi connectivity index (χ1n) is 10.5. The molecule has 1 fully saturated rings. The number of hydrogen-bond acceptors (Lipinski definition) is 4. The second-order valence-corrected chi connectivity index (χ2v) is 8.05. The number of aliphatic imine (C=N–C) groups is 1. The lowest BCUT2D eigenvalue weighted by atomic mass is 10.2. The predicted molar refractivity (Wildman–Crippen MR) is 128 cm³/mol. The number of amides is 2. The zero-order chi connectivity index (χ0) is 21.2. The minimum Gasteiger partial charge on any atom is -0.444 e. The standard InChI is InChI=1S/C20H39N5O3.HI/c1-7-12-24(19(27)28-20(4,5)6)14-11-22-18(21-9-3)23-16-10-13-25(15-16)17(26)8-2;/h16H,7-15H2,1-6H3,(H2,21,22,23);1H. The molecule has 0 spiro atoms. The quantitative estimate of drug-likeness (QED) is 0.289. The van der Waals surface area contributed by atoms with Gasteiger partial charge in [-0.05, 0) is 40.5 Å². The van der Waals surface area contributed by atoms with Crippen LogP contribution in [0.25, 0.3) is 0 Å². The summed E-state index contributed by atoms with van der Waals surface area (Å²) in [6.45, 7) is 15.4. The van der Waals surface area contributed by atoms with Gasteiger partial charge in [-0.2, -0.15) is 0 Å². The number of carbonyl (C=O) groups excluding carboxylic acids is 2. The lowest BCUT2D eigenvalue weighted by Crippen LogP contribution is -2.45. The summed E-state index contributed by atoms with van der Waals surface area (Å²) >= 11 is 0. The van der Waals surface area contributed by atoms with Crippen LogP contribution in [0.2, 0.25) is 0 Å². The Morgan fingerprint density at radius 2 is 1.90 bits per heavy atom. The summed E-state index contributed by atoms with van der Waals surface area (Å²) in [5, 5.41) is 6.65. The van der Waals surface area contributed by atoms with E-state index < -0.39 is 5.60 Å². The Labute approximate surface area is 193 Å². The summed E-state index contributed by atoms with van der Waals surface area (Å²) in [5.74, 6) is 0.915. The Morgan fingerprint density at radius 3 is 2.45 bits per heavy atom. The van der Waals surface area contributed by atoms with Gasteiger partial charge in [0.2, 0.25) is 5.91 Å². The summed E-state index contributed by atoms with van der Waals surface area (Å²) in [6, 6.07) is 0.200. The third-order valence-electron chi connectivity index (χ3n) is 4.31. The molecule has 2 N–H and O–H groups in total. The molecule has 0 aromatic carbocycles. The number of hydrogen-bond donors (Lipinski definition) is 2. The highest BCUT2D eigenvalue weighted by Crippen LogP contribution is 2.11. The monoisotopic (exact) mass is 525 g/mol. The van der Waals surface area contributed by atoms with Crippen LogP contribution in [0.1, 0.15) is 60.8 Å². The van der Waals surface area contributed by atoms with Crippen LogP contribution >= 0.6 is 24.0 Å². The zero-order valence-electron chi connectivity index (χ0n) is 18.9. The maximum Gasteiger partial charge on any atom is 0.410 e. The van der Waals surface area contributed by atoms with Gasteiger partial charge in [-0.3, -0.25) is 9.79 Å². The fourth-order valence-corrected chi connectivity index (χ4v) is 3.01. The maximum absolute atomic E-state index is 12.3. The first-order chi connectivity index (χ1) is 13.2. The fourth-order valence-electron chi connectivity index (χ4n) is 3.01. The Bertz CT molecular complexity index is 537. The first-order valence-corrected chi connectivity index (χ1v) is 10.5. The summed E-state index contributed by atoms with van der Waals surface area (Å²) in [7, 11) is 0. The van der Waals surface area contributed by atoms with Crippen molar-refractivity contribution >= 4 is 41.9 Å². The third-order valence-corrected chi connectivity index (χ3v) is 4.31. The third kappa shape index (κ3) is 10.9. The molecule has 1 aliphatic rings. The number of nitrogens with zero attached hydrogens (tertiary/aromatic N) is 3. The van der Waals surface area contributed by atoms with Gasteiger partial charge in [0, 0.05) is 45.2 Å². The first kappa shape index (κ1) is 27.7. The van der Waals surface area contributed by atoms with E-state index in [0.29, 0.717) is 32.6 Å². The van der Waals surface area contributed by atoms with Gasteiger partial charge >= 0.3 is 6.09 Å². The van der Waals surface area contributed by atoms with Crippen molar-refractivity contribution in [3.8, 4) is 0 Å². The van der Waals surface area contributed by atoms with Crippen LogP contribution in [-0.4, -0.2) is 78.7 Å². The average molecular weight is 525 g/mol. The summed E-state index contributed by atoms with van der Waals surface area (Å²) in [6.07, 6.45) is 2.02. The molecule has 0 saturated carbocycles. The highest BCUT2D eigenvalue weighted by Gasteiger charge is 2.26. The molecule has 1 aliphatic heterocycles. The van der Waals surface area contributed by atoms with E-state index in [2.05, 4.69) is 15.6 Å². The molecule has 0 aromatic rings. The molecular weight excluding hydrogens is 485 g/mol. The molecule has 0 aromatic heterocycles. The van der Waals surface area contributed by atoms with Crippen LogP contribution in [0, 0.1) is 0 Å². The van der Waals surface area contributed by atoms with Gasteiger partial charge in [-0.15, -0.1) is 24.0 Å². The minimum absolute atomic E-state index is 0. The normalized spacial score (nSPS) is 16.8. The minimum atomic E-state index is -0.507. The number of rotatable bonds is 8. The molecule has 1 heterocycles. The van der Waals surface area contributed by atoms with E-state index in [1.54, 1.807) is 4.90 Å². The molecule has 170 valence electrons. The van der Waals surface area contributed by atoms with Crippen molar-refractivity contribution in [2.45, 2.75) is 72.4 Å². The van der Waals surface area contributed by atoms with Gasteiger partial charge in [0.15, 0.2) is 5.96 Å². The van der Waals surface area contributed by atoms with Crippen LogP contribution in [-0.2, 0) is 9.53 Å². The molecule has 0 bridgehead atoms. The van der Waals surface area contributed by atoms with Crippen molar-refractivity contribution in [2.24, 2.45) is 4.99 Å². The van der Waals surface area contributed by atoms with Crippen molar-refractivity contribution in [2.75, 3.05) is 39.3 Å². The van der Waals surface area contributed by atoms with Crippen molar-refractivity contribution in [3.63, 3.8) is 0 Å². The Morgan fingerprint density at radius 1 is 1.21 bits per heavy atom. The van der Waals surface area contributed by atoms with E-state index >= 15 is 0 Å². The molecule has 1 rings (SSSR count). The van der Waals surface area contributed by atoms with Crippen molar-refractivity contribution < 1.29 is 14.3 Å². The Balaban J connectivity index is 0.00000784. The smallest absolute Gasteiger partial charge is 0.410 e. The molecule has 2 amide bonds. The number of carbonyl (C=O) groups is 2. The van der Waals surface area contributed by atoms with Crippen LogP contribution in [0.4, 0.5) is 4.79 Å². The van der Waals surface area contributed by atoms with Crippen molar-refractivity contribution in [3.05, 3.63) is 0 Å². The Hall–Kier alpha value is -1.26. The maximum atomic E-state index is 12.3. The van der Waals surface area contributed by atoms with Crippen molar-refractivity contribution in [1.29, 1.82) is 0 Å². The highest BCUT2D eigenvalue weighted by molar-refractivity contribution is 14.0. The second-order valence-electron chi connectivity index (χ2n) is 8.05. The molecular formula is C20H40IN5O3. The predicted octanol–water partition coefficient (Wildman–Crippen LogP) is 2.82. The average Bonchev–Trinajstić information content (AvgIpc) is 3.07. The molecule has 29 heavy (non-hydrogen) atoms. The summed E-state index contributed by atoms with van der Waals surface area (Å²) < 4.78 is 5.48. The number of halogens is 1. The molecule has 9 heteroatoms. The number of guanidine groups is 1. The van der Waals surface area contributed by atoms with Gasteiger partial charge < -0.3 is 25.2 Å². The van der Waals surface area contributed by atoms with Gasteiger partial charge in [-0.1, -0.05) is 13.8 Å². The van der Waals surface area contributed by atoms with Crippen molar-refractivity contribution in [1.82, 2.24) is 20.4 Å². The lowest BCUT2D eigenvalue weighted by molar-refractivity contribution is -0.129. The van der Waals surface area contributed by atoms with E-state index in [1.807, 2.05) is 46.4 Å². The summed E-state index contributed by atoms with van der Waals surface area (Å²) in [4.78, 5) is 32.4. The molecule has 1 atom stereocenters. The molecule has 1 unspecified atom stereocenters. The highest BCUT2D eigenvalue weighted by atomic mass is 127. The number of nitrogens with one attached hydrogen (secondary N) is 2. The van der Waals surface area contributed by atoms with Gasteiger partial charge in [0.1, 0.15) is 5.60 Å². The van der Waals surface area contributed by atoms with Gasteiger partial charge in [-0.25, -0.2) is 4.79 Å². The van der Waals surface area contributed by atoms with E-state index in [-0.39, 0.29) is 42.0 Å². The largest absolute Gasteiger partial charge is 0.444 e. The number of ether oxygens (including phenoxy) is 1. The van der Waals surface area contributed by atoms with Crippen LogP contribution in [0.15, 0.2) is 4.99 Å². The summed E-state index contributed by atoms with van der Waals surface area (Å²) in [5.41, 5.74) is -0.507. The van der Waals surface area contributed by atoms with Gasteiger partial charge in [0.05, 0.1) is 6.54 Å². The molecule has 8 nitrogen and oxygen atoms in total. The lowest BCUT2D eigenvalue weighted by Gasteiger charge is -2.27. The number of likely N-dealkylation sites (tertiary alicyclic amines) is 1. The molecule has 0 radical (unpaired) electrons. The molecule has 0 aliphatic carbocycles. The van der Waals surface area contributed by atoms with Crippen LogP contribution in [0.5, 0.6) is 0 Å². The second kappa shape index (κ2) is 13.9. The van der Waals surface area contributed by atoms with Crippen LogP contribution < -0.4 is 10.6 Å². The van der Waals surface area contributed by atoms with Crippen LogP contribution in [0.3, 0.4) is 0 Å². The van der Waals surface area contributed by atoms with Gasteiger partial charge in [0.25, 0.3) is 0 Å². The van der Waals surface area contributed by atoms with E-state index in [0.717, 1.165) is 31.9 Å². The molecule has 1 saturated heterocycles. The zero-order valence-corrected chi connectivity index (χ0v) is 21.2. The van der Waals surface area contributed by atoms with E-state index in [1.165, 1.54) is 0 Å². The topological polar surface area (TPSA) is 86.3 Å². The Kier molecular flexibility index (Phi) is 13.3. The van der Waals surface area contributed by atoms with E-state index in [4.69, 9.17) is 4.74 Å².